The molecule has 0 bridgehead atoms. The van der Waals surface area contributed by atoms with Crippen LogP contribution >= 0.6 is 23.1 Å². The highest BCUT2D eigenvalue weighted by atomic mass is 32.2. The number of aryl methyl sites for hydroxylation is 1. The molecule has 0 saturated heterocycles. The maximum atomic E-state index is 12.3. The zero-order chi connectivity index (χ0) is 22.3. The topological polar surface area (TPSA) is 90.4 Å². The number of benzene rings is 2. The highest BCUT2D eigenvalue weighted by Crippen LogP contribution is 2.30. The number of nitrogens with zero attached hydrogens (tertiary/aromatic N) is 2. The molecule has 1 N–H and O–H groups in total. The van der Waals surface area contributed by atoms with Crippen LogP contribution in [0.4, 0.5) is 5.69 Å². The summed E-state index contributed by atoms with van der Waals surface area (Å²) in [5.41, 5.74) is 1.61. The standard InChI is InChI=1S/C23H19N3O4S2/c1-15-6-8-16(9-7-15)30-19-5-3-2-4-18(19)26-20(27)12-29-21(28)13-32-23-17-10-11-31-22(17)24-14-25-23/h2-11,14H,12-13H2,1H3,(H,26,27). The van der Waals surface area contributed by atoms with Crippen molar-refractivity contribution in [1.29, 1.82) is 0 Å². The summed E-state index contributed by atoms with van der Waals surface area (Å²) >= 11 is 2.76. The Morgan fingerprint density at radius 3 is 2.72 bits per heavy atom. The lowest BCUT2D eigenvalue weighted by atomic mass is 10.2. The van der Waals surface area contributed by atoms with Gasteiger partial charge in [0.25, 0.3) is 5.91 Å². The normalized spacial score (nSPS) is 10.7. The Labute approximate surface area is 192 Å². The van der Waals surface area contributed by atoms with E-state index in [1.807, 2.05) is 48.7 Å². The maximum Gasteiger partial charge on any atom is 0.316 e. The molecule has 4 rings (SSSR count). The van der Waals surface area contributed by atoms with E-state index in [9.17, 15) is 9.59 Å². The Hall–Kier alpha value is -3.43. The average Bonchev–Trinajstić information content (AvgIpc) is 3.29. The molecular formula is C23H19N3O4S2. The number of thiophene rings is 1. The van der Waals surface area contributed by atoms with Crippen LogP contribution in [0.25, 0.3) is 10.2 Å². The number of ether oxygens (including phenoxy) is 2. The molecule has 2 aromatic heterocycles. The number of nitrogens with one attached hydrogen (secondary N) is 1. The number of aromatic nitrogens is 2. The fraction of sp³-hybridized carbons (Fsp3) is 0.130. The molecular weight excluding hydrogens is 446 g/mol. The fourth-order valence-electron chi connectivity index (χ4n) is 2.78. The maximum absolute atomic E-state index is 12.3. The molecule has 7 nitrogen and oxygen atoms in total. The first-order chi connectivity index (χ1) is 15.6. The monoisotopic (exact) mass is 465 g/mol. The highest BCUT2D eigenvalue weighted by molar-refractivity contribution is 8.00. The molecule has 0 unspecified atom stereocenters. The third-order valence-corrected chi connectivity index (χ3v) is 6.13. The van der Waals surface area contributed by atoms with E-state index in [4.69, 9.17) is 9.47 Å². The third kappa shape index (κ3) is 5.63. The van der Waals surface area contributed by atoms with Crippen LogP contribution in [0.5, 0.6) is 11.5 Å². The summed E-state index contributed by atoms with van der Waals surface area (Å²) < 4.78 is 11.0. The molecule has 9 heteroatoms. The molecule has 2 heterocycles. The van der Waals surface area contributed by atoms with Crippen LogP contribution in [0, 0.1) is 6.92 Å². The molecule has 0 radical (unpaired) electrons. The third-order valence-electron chi connectivity index (χ3n) is 4.33. The summed E-state index contributed by atoms with van der Waals surface area (Å²) in [5.74, 6) is 0.241. The van der Waals surface area contributed by atoms with Gasteiger partial charge in [-0.15, -0.1) is 11.3 Å². The number of amides is 1. The minimum absolute atomic E-state index is 0.0440. The van der Waals surface area contributed by atoms with Crippen molar-refractivity contribution in [2.75, 3.05) is 17.7 Å². The SMILES string of the molecule is Cc1ccc(Oc2ccccc2NC(=O)COC(=O)CSc2ncnc3sccc23)cc1. The zero-order valence-electron chi connectivity index (χ0n) is 17.1. The van der Waals surface area contributed by atoms with E-state index in [-0.39, 0.29) is 5.75 Å². The summed E-state index contributed by atoms with van der Waals surface area (Å²) in [6, 6.07) is 16.6. The van der Waals surface area contributed by atoms with Crippen molar-refractivity contribution in [3.8, 4) is 11.5 Å². The average molecular weight is 466 g/mol. The molecule has 0 saturated carbocycles. The first-order valence-electron chi connectivity index (χ1n) is 9.68. The number of fused-ring (bicyclic) bond motifs is 1. The molecule has 0 aliphatic rings. The Balaban J connectivity index is 1.29. The predicted octanol–water partition coefficient (Wildman–Crippen LogP) is 5.07. The second-order valence-electron chi connectivity index (χ2n) is 6.73. The van der Waals surface area contributed by atoms with Crippen molar-refractivity contribution in [2.24, 2.45) is 0 Å². The van der Waals surface area contributed by atoms with Gasteiger partial charge < -0.3 is 14.8 Å². The van der Waals surface area contributed by atoms with Crippen LogP contribution in [0.15, 0.2) is 71.3 Å². The van der Waals surface area contributed by atoms with Gasteiger partial charge in [0.15, 0.2) is 12.4 Å². The van der Waals surface area contributed by atoms with Gasteiger partial charge in [0.1, 0.15) is 21.9 Å². The smallest absolute Gasteiger partial charge is 0.316 e. The lowest BCUT2D eigenvalue weighted by Gasteiger charge is -2.12. The number of anilines is 1. The molecule has 32 heavy (non-hydrogen) atoms. The van der Waals surface area contributed by atoms with Crippen molar-refractivity contribution in [1.82, 2.24) is 9.97 Å². The summed E-state index contributed by atoms with van der Waals surface area (Å²) in [6.07, 6.45) is 1.47. The van der Waals surface area contributed by atoms with Gasteiger partial charge in [-0.1, -0.05) is 41.6 Å². The van der Waals surface area contributed by atoms with Crippen LogP contribution in [0.2, 0.25) is 0 Å². The van der Waals surface area contributed by atoms with Crippen LogP contribution in [0.1, 0.15) is 5.56 Å². The van der Waals surface area contributed by atoms with Crippen molar-refractivity contribution >= 4 is 50.9 Å². The number of thioether (sulfide) groups is 1. The van der Waals surface area contributed by atoms with Crippen molar-refractivity contribution in [3.63, 3.8) is 0 Å². The van der Waals surface area contributed by atoms with Gasteiger partial charge in [0.2, 0.25) is 0 Å². The summed E-state index contributed by atoms with van der Waals surface area (Å²) in [4.78, 5) is 33.7. The van der Waals surface area contributed by atoms with E-state index < -0.39 is 18.5 Å². The Bertz CT molecular complexity index is 1240. The lowest BCUT2D eigenvalue weighted by molar-refractivity contribution is -0.144. The summed E-state index contributed by atoms with van der Waals surface area (Å²) in [7, 11) is 0. The number of rotatable bonds is 8. The van der Waals surface area contributed by atoms with E-state index in [1.54, 1.807) is 18.2 Å². The Kier molecular flexibility index (Phi) is 6.98. The second kappa shape index (κ2) is 10.3. The van der Waals surface area contributed by atoms with Gasteiger partial charge in [-0.25, -0.2) is 9.97 Å². The van der Waals surface area contributed by atoms with Crippen LogP contribution in [-0.2, 0) is 14.3 Å². The van der Waals surface area contributed by atoms with Gasteiger partial charge in [-0.05, 0) is 42.6 Å². The van der Waals surface area contributed by atoms with Crippen LogP contribution < -0.4 is 10.1 Å². The number of para-hydroxylation sites is 2. The van der Waals surface area contributed by atoms with Crippen LogP contribution in [0.3, 0.4) is 0 Å². The second-order valence-corrected chi connectivity index (χ2v) is 8.59. The van der Waals surface area contributed by atoms with E-state index in [0.717, 1.165) is 15.8 Å². The minimum Gasteiger partial charge on any atom is -0.455 e. The molecule has 0 fully saturated rings. The number of esters is 1. The first kappa shape index (κ1) is 21.8. The summed E-state index contributed by atoms with van der Waals surface area (Å²) in [5, 5.41) is 6.26. The summed E-state index contributed by atoms with van der Waals surface area (Å²) in [6.45, 7) is 1.60. The van der Waals surface area contributed by atoms with Gasteiger partial charge in [-0.3, -0.25) is 9.59 Å². The molecule has 0 spiro atoms. The zero-order valence-corrected chi connectivity index (χ0v) is 18.7. The van der Waals surface area contributed by atoms with E-state index in [2.05, 4.69) is 15.3 Å². The largest absolute Gasteiger partial charge is 0.455 e. The molecule has 4 aromatic rings. The van der Waals surface area contributed by atoms with Gasteiger partial charge in [0.05, 0.1) is 11.4 Å². The molecule has 1 amide bonds. The Morgan fingerprint density at radius 1 is 1.06 bits per heavy atom. The minimum atomic E-state index is -0.503. The molecule has 162 valence electrons. The van der Waals surface area contributed by atoms with E-state index in [1.165, 1.54) is 29.4 Å². The number of hydrogen-bond acceptors (Lipinski definition) is 8. The van der Waals surface area contributed by atoms with Crippen LogP contribution in [-0.4, -0.2) is 34.2 Å². The fourth-order valence-corrected chi connectivity index (χ4v) is 4.35. The molecule has 2 aromatic carbocycles. The van der Waals surface area contributed by atoms with Crippen molar-refractivity contribution < 1.29 is 19.1 Å². The Morgan fingerprint density at radius 2 is 1.88 bits per heavy atom. The predicted molar refractivity (Wildman–Crippen MR) is 125 cm³/mol. The van der Waals surface area contributed by atoms with E-state index in [0.29, 0.717) is 22.2 Å². The molecule has 0 aliphatic heterocycles. The quantitative estimate of drug-likeness (QED) is 0.221. The number of carbonyl (C=O) groups excluding carboxylic acids is 2. The van der Waals surface area contributed by atoms with Gasteiger partial charge in [0, 0.05) is 5.39 Å². The molecule has 0 aliphatic carbocycles. The molecule has 0 atom stereocenters. The number of hydrogen-bond donors (Lipinski definition) is 1. The van der Waals surface area contributed by atoms with Gasteiger partial charge in [-0.2, -0.15) is 0 Å². The van der Waals surface area contributed by atoms with Crippen molar-refractivity contribution in [3.05, 3.63) is 71.9 Å². The van der Waals surface area contributed by atoms with Crippen molar-refractivity contribution in [2.45, 2.75) is 11.9 Å². The first-order valence-corrected chi connectivity index (χ1v) is 11.5. The van der Waals surface area contributed by atoms with Gasteiger partial charge >= 0.3 is 5.97 Å². The van der Waals surface area contributed by atoms with E-state index >= 15 is 0 Å². The lowest BCUT2D eigenvalue weighted by Crippen LogP contribution is -2.21. The highest BCUT2D eigenvalue weighted by Gasteiger charge is 2.13. The number of carbonyl (C=O) groups is 2.